The third kappa shape index (κ3) is 4.77. The van der Waals surface area contributed by atoms with Crippen LogP contribution in [0.25, 0.3) is 11.4 Å². The number of aromatic nitrogens is 3. The van der Waals surface area contributed by atoms with Gasteiger partial charge in [-0.15, -0.1) is 21.5 Å². The van der Waals surface area contributed by atoms with E-state index in [0.29, 0.717) is 27.4 Å². The maximum Gasteiger partial charge on any atom is 0.217 e. The third-order valence-electron chi connectivity index (χ3n) is 3.73. The van der Waals surface area contributed by atoms with Crippen molar-refractivity contribution in [2.75, 3.05) is 5.75 Å². The van der Waals surface area contributed by atoms with E-state index in [1.807, 2.05) is 35.9 Å². The molecular formula is C18H17ClN4O2S2. The fourth-order valence-corrected chi connectivity index (χ4v) is 4.34. The van der Waals surface area contributed by atoms with Crippen LogP contribution in [0.15, 0.2) is 41.6 Å². The van der Waals surface area contributed by atoms with Crippen molar-refractivity contribution in [3.8, 4) is 11.4 Å². The molecule has 0 aliphatic heterocycles. The fourth-order valence-electron chi connectivity index (χ4n) is 2.35. The lowest BCUT2D eigenvalue weighted by Gasteiger charge is -2.05. The summed E-state index contributed by atoms with van der Waals surface area (Å²) < 4.78 is 1.83. The smallest absolute Gasteiger partial charge is 0.217 e. The summed E-state index contributed by atoms with van der Waals surface area (Å²) in [6.07, 6.45) is 0. The minimum atomic E-state index is -0.0940. The minimum absolute atomic E-state index is 0.0152. The first kappa shape index (κ1) is 19.6. The van der Waals surface area contributed by atoms with Crippen LogP contribution in [0.5, 0.6) is 0 Å². The van der Waals surface area contributed by atoms with Crippen LogP contribution in [0, 0.1) is 0 Å². The third-order valence-corrected chi connectivity index (χ3v) is 6.21. The Balaban J connectivity index is 1.65. The van der Waals surface area contributed by atoms with Gasteiger partial charge < -0.3 is 9.88 Å². The lowest BCUT2D eigenvalue weighted by molar-refractivity contribution is -0.119. The van der Waals surface area contributed by atoms with E-state index in [4.69, 9.17) is 11.6 Å². The van der Waals surface area contributed by atoms with E-state index in [0.717, 1.165) is 10.4 Å². The molecule has 0 unspecified atom stereocenters. The van der Waals surface area contributed by atoms with Crippen LogP contribution in [0.2, 0.25) is 5.02 Å². The molecule has 0 radical (unpaired) electrons. The van der Waals surface area contributed by atoms with Crippen LogP contribution in [0.4, 0.5) is 0 Å². The highest BCUT2D eigenvalue weighted by Crippen LogP contribution is 2.28. The van der Waals surface area contributed by atoms with Gasteiger partial charge in [0.15, 0.2) is 16.8 Å². The van der Waals surface area contributed by atoms with Crippen molar-refractivity contribution < 1.29 is 9.59 Å². The number of carbonyl (C=O) groups is 2. The zero-order chi connectivity index (χ0) is 19.4. The first-order chi connectivity index (χ1) is 13.0. The largest absolute Gasteiger partial charge is 0.351 e. The molecule has 1 N–H and O–H groups in total. The highest BCUT2D eigenvalue weighted by molar-refractivity contribution is 7.99. The molecule has 0 aliphatic rings. The second-order valence-corrected chi connectivity index (χ2v) is 8.25. The van der Waals surface area contributed by atoms with Gasteiger partial charge in [-0.05, 0) is 24.3 Å². The number of thioether (sulfide) groups is 1. The van der Waals surface area contributed by atoms with Crippen molar-refractivity contribution in [1.29, 1.82) is 0 Å². The van der Waals surface area contributed by atoms with E-state index < -0.39 is 0 Å². The Kier molecular flexibility index (Phi) is 6.30. The molecule has 0 aliphatic carbocycles. The van der Waals surface area contributed by atoms with Gasteiger partial charge in [-0.25, -0.2) is 0 Å². The van der Waals surface area contributed by atoms with Gasteiger partial charge in [-0.3, -0.25) is 9.59 Å². The number of nitrogens with one attached hydrogen (secondary N) is 1. The zero-order valence-corrected chi connectivity index (χ0v) is 17.1. The first-order valence-electron chi connectivity index (χ1n) is 8.09. The van der Waals surface area contributed by atoms with Gasteiger partial charge in [0, 0.05) is 24.4 Å². The highest BCUT2D eigenvalue weighted by atomic mass is 35.5. The number of hydrogen-bond acceptors (Lipinski definition) is 6. The number of rotatable bonds is 7. The number of amides is 1. The van der Waals surface area contributed by atoms with Gasteiger partial charge in [0.25, 0.3) is 0 Å². The summed E-state index contributed by atoms with van der Waals surface area (Å²) in [7, 11) is 1.85. The van der Waals surface area contributed by atoms with Crippen molar-refractivity contribution in [3.05, 3.63) is 51.2 Å². The molecule has 0 spiro atoms. The van der Waals surface area contributed by atoms with Crippen molar-refractivity contribution in [3.63, 3.8) is 0 Å². The number of hydrogen-bond donors (Lipinski definition) is 1. The molecule has 27 heavy (non-hydrogen) atoms. The predicted molar refractivity (Wildman–Crippen MR) is 108 cm³/mol. The number of Topliss-reactive ketones (excluding diaryl/α,β-unsaturated/α-hetero) is 1. The van der Waals surface area contributed by atoms with Crippen LogP contribution in [0.3, 0.4) is 0 Å². The second-order valence-electron chi connectivity index (χ2n) is 5.73. The Hall–Kier alpha value is -2.16. The molecule has 3 rings (SSSR count). The number of carbonyl (C=O) groups excluding carboxylic acids is 2. The van der Waals surface area contributed by atoms with Crippen LogP contribution in [-0.4, -0.2) is 32.2 Å². The Bertz CT molecular complexity index is 983. The summed E-state index contributed by atoms with van der Waals surface area (Å²) in [6, 6.07) is 11.1. The van der Waals surface area contributed by atoms with E-state index in [1.54, 1.807) is 12.1 Å². The molecule has 0 saturated heterocycles. The molecule has 0 saturated carbocycles. The van der Waals surface area contributed by atoms with Gasteiger partial charge in [-0.1, -0.05) is 35.5 Å². The predicted octanol–water partition coefficient (Wildman–Crippen LogP) is 3.81. The molecular weight excluding hydrogens is 404 g/mol. The van der Waals surface area contributed by atoms with Gasteiger partial charge in [0.1, 0.15) is 0 Å². The van der Waals surface area contributed by atoms with Crippen molar-refractivity contribution in [2.24, 2.45) is 7.05 Å². The molecule has 1 amide bonds. The van der Waals surface area contributed by atoms with E-state index >= 15 is 0 Å². The van der Waals surface area contributed by atoms with Crippen LogP contribution in [0.1, 0.15) is 21.5 Å². The summed E-state index contributed by atoms with van der Waals surface area (Å²) in [5.74, 6) is 0.836. The summed E-state index contributed by atoms with van der Waals surface area (Å²) in [6.45, 7) is 1.90. The number of thiophene rings is 1. The summed E-state index contributed by atoms with van der Waals surface area (Å²) in [5.41, 5.74) is 0.799. The Morgan fingerprint density at radius 1 is 1.22 bits per heavy atom. The quantitative estimate of drug-likeness (QED) is 0.464. The Morgan fingerprint density at radius 2 is 2.00 bits per heavy atom. The van der Waals surface area contributed by atoms with Crippen molar-refractivity contribution >= 4 is 46.4 Å². The maximum atomic E-state index is 12.4. The lowest BCUT2D eigenvalue weighted by Crippen LogP contribution is -2.18. The average Bonchev–Trinajstić information content (AvgIpc) is 3.26. The van der Waals surface area contributed by atoms with E-state index in [-0.39, 0.29) is 17.4 Å². The van der Waals surface area contributed by atoms with Gasteiger partial charge in [0.2, 0.25) is 5.91 Å². The van der Waals surface area contributed by atoms with E-state index in [1.165, 1.54) is 30.0 Å². The number of nitrogens with zero attached hydrogens (tertiary/aromatic N) is 3. The summed E-state index contributed by atoms with van der Waals surface area (Å²) in [5, 5.41) is 12.3. The van der Waals surface area contributed by atoms with Gasteiger partial charge in [0.05, 0.1) is 22.2 Å². The molecule has 0 fully saturated rings. The zero-order valence-electron chi connectivity index (χ0n) is 14.7. The molecule has 140 valence electrons. The monoisotopic (exact) mass is 420 g/mol. The normalized spacial score (nSPS) is 10.8. The fraction of sp³-hybridized carbons (Fsp3) is 0.222. The number of halogens is 1. The Labute approximate surface area is 170 Å². The summed E-state index contributed by atoms with van der Waals surface area (Å²) in [4.78, 5) is 25.0. The van der Waals surface area contributed by atoms with Crippen molar-refractivity contribution in [2.45, 2.75) is 18.6 Å². The highest BCUT2D eigenvalue weighted by Gasteiger charge is 2.16. The second kappa shape index (κ2) is 8.69. The molecule has 9 heteroatoms. The van der Waals surface area contributed by atoms with Gasteiger partial charge in [-0.2, -0.15) is 0 Å². The average molecular weight is 421 g/mol. The molecule has 0 bridgehead atoms. The van der Waals surface area contributed by atoms with Crippen LogP contribution >= 0.6 is 34.7 Å². The molecule has 0 atom stereocenters. The SMILES string of the molecule is CC(=O)NCc1ccc(C(=O)CSc2nnc(-c3ccccc3Cl)n2C)s1. The first-order valence-corrected chi connectivity index (χ1v) is 10.3. The maximum absolute atomic E-state index is 12.4. The van der Waals surface area contributed by atoms with Crippen LogP contribution < -0.4 is 5.32 Å². The van der Waals surface area contributed by atoms with Gasteiger partial charge >= 0.3 is 0 Å². The molecule has 2 aromatic heterocycles. The Morgan fingerprint density at radius 3 is 2.74 bits per heavy atom. The molecule has 1 aromatic carbocycles. The lowest BCUT2D eigenvalue weighted by atomic mass is 10.2. The molecule has 3 aromatic rings. The molecule has 6 nitrogen and oxygen atoms in total. The van der Waals surface area contributed by atoms with E-state index in [9.17, 15) is 9.59 Å². The topological polar surface area (TPSA) is 76.9 Å². The van der Waals surface area contributed by atoms with E-state index in [2.05, 4.69) is 15.5 Å². The number of ketones is 1. The van der Waals surface area contributed by atoms with Crippen LogP contribution in [-0.2, 0) is 18.4 Å². The standard InChI is InChI=1S/C18H17ClN4O2S2/c1-11(24)20-9-12-7-8-16(27-12)15(25)10-26-18-22-21-17(23(18)2)13-5-3-4-6-14(13)19/h3-8H,9-10H2,1-2H3,(H,20,24). The molecule has 2 heterocycles. The minimum Gasteiger partial charge on any atom is -0.351 e. The van der Waals surface area contributed by atoms with Crippen molar-refractivity contribution in [1.82, 2.24) is 20.1 Å². The summed E-state index contributed by atoms with van der Waals surface area (Å²) >= 11 is 8.95. The number of benzene rings is 1.